The number of amides is 2. The smallest absolute Gasteiger partial charge is 0.370 e. The summed E-state index contributed by atoms with van der Waals surface area (Å²) in [7, 11) is 1.91. The number of benzene rings is 2. The molecule has 2 unspecified atom stereocenters. The molecule has 0 bridgehead atoms. The Morgan fingerprint density at radius 3 is 2.41 bits per heavy atom. The molecule has 1 aromatic heterocycles. The summed E-state index contributed by atoms with van der Waals surface area (Å²) in [5.74, 6) is 1.64. The van der Waals surface area contributed by atoms with Crippen molar-refractivity contribution in [3.8, 4) is 0 Å². The van der Waals surface area contributed by atoms with Gasteiger partial charge >= 0.3 is 6.18 Å². The molecule has 2 amide bonds. The minimum Gasteiger partial charge on any atom is -0.370 e. The van der Waals surface area contributed by atoms with Gasteiger partial charge in [0.25, 0.3) is 5.91 Å². The number of alkyl halides is 3. The highest BCUT2D eigenvalue weighted by atomic mass is 35.5. The second-order valence-corrected chi connectivity index (χ2v) is 14.8. The van der Waals surface area contributed by atoms with Gasteiger partial charge in [-0.25, -0.2) is 4.98 Å². The number of nitrogens with one attached hydrogen (secondary N) is 2. The summed E-state index contributed by atoms with van der Waals surface area (Å²) in [6.07, 6.45) is 0.699. The molecule has 2 heterocycles. The van der Waals surface area contributed by atoms with Gasteiger partial charge in [-0.2, -0.15) is 13.2 Å². The highest BCUT2D eigenvalue weighted by Crippen LogP contribution is 2.57. The zero-order chi connectivity index (χ0) is 32.5. The summed E-state index contributed by atoms with van der Waals surface area (Å²) in [4.78, 5) is 33.4. The van der Waals surface area contributed by atoms with Crippen LogP contribution in [0.1, 0.15) is 79.2 Å². The molecule has 2 aromatic carbocycles. The second-order valence-electron chi connectivity index (χ2n) is 14.0. The summed E-state index contributed by atoms with van der Waals surface area (Å²) in [6.45, 7) is 4.00. The molecule has 1 aliphatic heterocycles. The Labute approximate surface area is 276 Å². The van der Waals surface area contributed by atoms with E-state index in [0.29, 0.717) is 50.8 Å². The number of rotatable bonds is 8. The first-order valence-electron chi connectivity index (χ1n) is 16.2. The quantitative estimate of drug-likeness (QED) is 0.265. The zero-order valence-corrected chi connectivity index (χ0v) is 27.5. The third-order valence-corrected chi connectivity index (χ3v) is 11.6. The number of aromatic nitrogens is 2. The van der Waals surface area contributed by atoms with Crippen molar-refractivity contribution in [1.82, 2.24) is 20.2 Å². The summed E-state index contributed by atoms with van der Waals surface area (Å²) in [5, 5.41) is 6.40. The van der Waals surface area contributed by atoms with Crippen LogP contribution in [0.3, 0.4) is 0 Å². The maximum atomic E-state index is 13.7. The number of anilines is 1. The van der Waals surface area contributed by atoms with Gasteiger partial charge in [-0.3, -0.25) is 9.59 Å². The van der Waals surface area contributed by atoms with E-state index in [-0.39, 0.29) is 42.8 Å². The predicted octanol–water partition coefficient (Wildman–Crippen LogP) is 7.19. The molecule has 4 aliphatic rings. The Balaban J connectivity index is 1.15. The standard InChI is InChI=1S/C34H38Cl2F3N5O2/c1-18-3-6-22(7-4-18)41-31(45)24-12-26-28(14-27(24)44-16-20-11-21(20)17-44)43(2)29(42-26)13-23-25(35)8-5-19(30(23)36)15-40-32(46)33(9-10-33)34(37,38)39/h5,8,12,14,18,20-22H,3-4,6-7,9-11,13,15-17H2,1-2H3,(H,40,46)(H,41,45). The number of hydrogen-bond donors (Lipinski definition) is 2. The number of nitrogens with zero attached hydrogens (tertiary/aromatic N) is 3. The number of carbonyl (C=O) groups excluding carboxylic acids is 2. The summed E-state index contributed by atoms with van der Waals surface area (Å²) in [6, 6.07) is 7.37. The number of fused-ring (bicyclic) bond motifs is 2. The Morgan fingerprint density at radius 1 is 1.07 bits per heavy atom. The minimum absolute atomic E-state index is 0.0661. The van der Waals surface area contributed by atoms with Crippen LogP contribution in [-0.2, 0) is 24.8 Å². The summed E-state index contributed by atoms with van der Waals surface area (Å²) < 4.78 is 42.2. The molecule has 46 heavy (non-hydrogen) atoms. The van der Waals surface area contributed by atoms with E-state index in [0.717, 1.165) is 50.0 Å². The van der Waals surface area contributed by atoms with Gasteiger partial charge in [0.05, 0.1) is 27.3 Å². The van der Waals surface area contributed by atoms with Crippen LogP contribution in [0.2, 0.25) is 10.0 Å². The first kappa shape index (κ1) is 31.6. The van der Waals surface area contributed by atoms with Gasteiger partial charge in [-0.05, 0) is 92.0 Å². The van der Waals surface area contributed by atoms with E-state index in [1.54, 1.807) is 12.1 Å². The SMILES string of the molecule is CC1CCC(NC(=O)c2cc3nc(Cc4c(Cl)ccc(CNC(=O)C5(C(F)(F)F)CC5)c4Cl)n(C)c3cc2N2CC3CC3C2)CC1. The third-order valence-electron chi connectivity index (χ3n) is 10.8. The van der Waals surface area contributed by atoms with E-state index in [9.17, 15) is 22.8 Å². The maximum absolute atomic E-state index is 13.7. The van der Waals surface area contributed by atoms with Crippen molar-refractivity contribution < 1.29 is 22.8 Å². The van der Waals surface area contributed by atoms with Crippen molar-refractivity contribution in [3.05, 3.63) is 56.8 Å². The van der Waals surface area contributed by atoms with Gasteiger partial charge in [0, 0.05) is 44.2 Å². The lowest BCUT2D eigenvalue weighted by Crippen LogP contribution is -2.41. The van der Waals surface area contributed by atoms with Crippen molar-refractivity contribution >= 4 is 51.7 Å². The lowest BCUT2D eigenvalue weighted by Gasteiger charge is -2.28. The van der Waals surface area contributed by atoms with Crippen LogP contribution in [-0.4, -0.2) is 46.7 Å². The van der Waals surface area contributed by atoms with E-state index in [1.165, 1.54) is 6.42 Å². The molecule has 3 saturated carbocycles. The van der Waals surface area contributed by atoms with Crippen molar-refractivity contribution in [3.63, 3.8) is 0 Å². The van der Waals surface area contributed by atoms with E-state index in [2.05, 4.69) is 28.5 Å². The minimum atomic E-state index is -4.59. The topological polar surface area (TPSA) is 79.3 Å². The van der Waals surface area contributed by atoms with E-state index >= 15 is 0 Å². The molecule has 1 saturated heterocycles. The molecule has 3 aliphatic carbocycles. The van der Waals surface area contributed by atoms with Crippen LogP contribution in [0.25, 0.3) is 11.0 Å². The molecule has 2 N–H and O–H groups in total. The molecule has 4 fully saturated rings. The molecule has 246 valence electrons. The van der Waals surface area contributed by atoms with E-state index in [4.69, 9.17) is 28.2 Å². The van der Waals surface area contributed by atoms with Gasteiger partial charge in [0.15, 0.2) is 0 Å². The van der Waals surface area contributed by atoms with Crippen LogP contribution in [0, 0.1) is 23.2 Å². The van der Waals surface area contributed by atoms with Crippen LogP contribution >= 0.6 is 23.2 Å². The van der Waals surface area contributed by atoms with Crippen LogP contribution < -0.4 is 15.5 Å². The fraction of sp³-hybridized carbons (Fsp3) is 0.559. The predicted molar refractivity (Wildman–Crippen MR) is 172 cm³/mol. The van der Waals surface area contributed by atoms with E-state index in [1.807, 2.05) is 17.7 Å². The van der Waals surface area contributed by atoms with Gasteiger partial charge in [0.1, 0.15) is 11.2 Å². The lowest BCUT2D eigenvalue weighted by atomic mass is 9.87. The average molecular weight is 677 g/mol. The fourth-order valence-corrected chi connectivity index (χ4v) is 7.92. The molecule has 3 aromatic rings. The molecular formula is C34H38Cl2F3N5O2. The van der Waals surface area contributed by atoms with Crippen molar-refractivity contribution in [2.24, 2.45) is 30.2 Å². The van der Waals surface area contributed by atoms with Gasteiger partial charge in [-0.15, -0.1) is 0 Å². The molecule has 12 heteroatoms. The highest BCUT2D eigenvalue weighted by molar-refractivity contribution is 6.36. The first-order chi connectivity index (χ1) is 21.8. The van der Waals surface area contributed by atoms with Crippen LogP contribution in [0.4, 0.5) is 18.9 Å². The summed E-state index contributed by atoms with van der Waals surface area (Å²) >= 11 is 13.3. The Kier molecular flexibility index (Phi) is 7.98. The Hall–Kier alpha value is -2.98. The van der Waals surface area contributed by atoms with Crippen molar-refractivity contribution in [1.29, 1.82) is 0 Å². The van der Waals surface area contributed by atoms with Crippen molar-refractivity contribution in [2.45, 2.75) is 77.1 Å². The molecule has 0 spiro atoms. The van der Waals surface area contributed by atoms with E-state index < -0.39 is 17.5 Å². The first-order valence-corrected chi connectivity index (χ1v) is 17.0. The van der Waals surface area contributed by atoms with Crippen LogP contribution in [0.15, 0.2) is 24.3 Å². The number of halogens is 5. The number of hydrogen-bond acceptors (Lipinski definition) is 4. The van der Waals surface area contributed by atoms with Crippen molar-refractivity contribution in [2.75, 3.05) is 18.0 Å². The molecule has 0 radical (unpaired) electrons. The Bertz CT molecular complexity index is 1700. The average Bonchev–Trinajstić information content (AvgIpc) is 3.92. The lowest BCUT2D eigenvalue weighted by molar-refractivity contribution is -0.192. The molecule has 2 atom stereocenters. The monoisotopic (exact) mass is 675 g/mol. The largest absolute Gasteiger partial charge is 0.403 e. The van der Waals surface area contributed by atoms with Gasteiger partial charge in [0.2, 0.25) is 5.91 Å². The van der Waals surface area contributed by atoms with Gasteiger partial charge in [-0.1, -0.05) is 36.2 Å². The third kappa shape index (κ3) is 5.74. The maximum Gasteiger partial charge on any atom is 0.403 e. The second kappa shape index (κ2) is 11.6. The molecule has 7 rings (SSSR count). The fourth-order valence-electron chi connectivity index (χ4n) is 7.35. The normalized spacial score (nSPS) is 25.0. The number of carbonyl (C=O) groups is 2. The van der Waals surface area contributed by atoms with Crippen LogP contribution in [0.5, 0.6) is 0 Å². The number of imidazole rings is 1. The number of piperidine rings is 1. The van der Waals surface area contributed by atoms with Gasteiger partial charge < -0.3 is 20.1 Å². The Morgan fingerprint density at radius 2 is 1.76 bits per heavy atom. The molecular weight excluding hydrogens is 638 g/mol. The number of aryl methyl sites for hydroxylation is 1. The molecule has 7 nitrogen and oxygen atoms in total. The highest BCUT2D eigenvalue weighted by Gasteiger charge is 2.68. The summed E-state index contributed by atoms with van der Waals surface area (Å²) in [5.41, 5.74) is 1.86. The zero-order valence-electron chi connectivity index (χ0n) is 25.9.